The summed E-state index contributed by atoms with van der Waals surface area (Å²) in [6, 6.07) is 8.68. The molecule has 14 heavy (non-hydrogen) atoms. The molecule has 1 aromatic carbocycles. The molecule has 78 valence electrons. The van der Waals surface area contributed by atoms with Crippen LogP contribution in [0.2, 0.25) is 0 Å². The number of hydrogen-bond acceptors (Lipinski definition) is 1. The van der Waals surface area contributed by atoms with E-state index in [9.17, 15) is 0 Å². The fourth-order valence-corrected chi connectivity index (χ4v) is 1.66. The van der Waals surface area contributed by atoms with Crippen LogP contribution in [0.3, 0.4) is 0 Å². The summed E-state index contributed by atoms with van der Waals surface area (Å²) in [6.07, 6.45) is 1.14. The first-order chi connectivity index (χ1) is 6.53. The minimum absolute atomic E-state index is 0.365. The van der Waals surface area contributed by atoms with Gasteiger partial charge in [0.15, 0.2) is 0 Å². The zero-order valence-electron chi connectivity index (χ0n) is 9.72. The molecule has 0 fully saturated rings. The van der Waals surface area contributed by atoms with Gasteiger partial charge in [-0.15, -0.1) is 0 Å². The second kappa shape index (κ2) is 4.61. The van der Waals surface area contributed by atoms with Gasteiger partial charge in [-0.25, -0.2) is 0 Å². The van der Waals surface area contributed by atoms with Crippen molar-refractivity contribution >= 4 is 0 Å². The second-order valence-corrected chi connectivity index (χ2v) is 5.04. The molecule has 0 aliphatic carbocycles. The topological polar surface area (TPSA) is 12.0 Å². The van der Waals surface area contributed by atoms with Crippen molar-refractivity contribution in [1.29, 1.82) is 0 Å². The zero-order valence-corrected chi connectivity index (χ0v) is 9.72. The van der Waals surface area contributed by atoms with Gasteiger partial charge in [0.25, 0.3) is 0 Å². The number of rotatable bonds is 3. The van der Waals surface area contributed by atoms with E-state index >= 15 is 0 Å². The van der Waals surface area contributed by atoms with Crippen molar-refractivity contribution in [3.63, 3.8) is 0 Å². The highest BCUT2D eigenvalue weighted by molar-refractivity contribution is 5.27. The summed E-state index contributed by atoms with van der Waals surface area (Å²) in [5, 5.41) is 3.21. The zero-order chi connectivity index (χ0) is 10.6. The molecule has 0 aromatic heterocycles. The Kier molecular flexibility index (Phi) is 3.70. The Labute approximate surface area is 87.5 Å². The van der Waals surface area contributed by atoms with E-state index in [-0.39, 0.29) is 0 Å². The molecule has 1 rings (SSSR count). The Balaban J connectivity index is 2.84. The number of benzene rings is 1. The Hall–Kier alpha value is -0.820. The van der Waals surface area contributed by atoms with Crippen LogP contribution in [0.1, 0.15) is 31.9 Å². The quantitative estimate of drug-likeness (QED) is 0.774. The average Bonchev–Trinajstić information content (AvgIpc) is 2.06. The van der Waals surface area contributed by atoms with E-state index in [2.05, 4.69) is 50.4 Å². The van der Waals surface area contributed by atoms with E-state index < -0.39 is 0 Å². The van der Waals surface area contributed by atoms with Crippen LogP contribution in [0.25, 0.3) is 0 Å². The van der Waals surface area contributed by atoms with Crippen LogP contribution < -0.4 is 5.32 Å². The summed E-state index contributed by atoms with van der Waals surface area (Å²) < 4.78 is 0. The predicted octanol–water partition coefficient (Wildman–Crippen LogP) is 2.99. The van der Waals surface area contributed by atoms with Crippen LogP contribution in [0.5, 0.6) is 0 Å². The normalized spacial score (nSPS) is 11.7. The van der Waals surface area contributed by atoms with Crippen LogP contribution in [0.15, 0.2) is 24.3 Å². The summed E-state index contributed by atoms with van der Waals surface area (Å²) in [5.41, 5.74) is 3.25. The molecule has 0 bridgehead atoms. The lowest BCUT2D eigenvalue weighted by Gasteiger charge is -2.20. The van der Waals surface area contributed by atoms with Gasteiger partial charge in [-0.1, -0.05) is 45.0 Å². The van der Waals surface area contributed by atoms with Crippen LogP contribution in [0, 0.1) is 5.41 Å². The molecule has 0 spiro atoms. The van der Waals surface area contributed by atoms with E-state index in [1.165, 1.54) is 11.1 Å². The Bertz CT molecular complexity index is 284. The van der Waals surface area contributed by atoms with Crippen molar-refractivity contribution in [2.24, 2.45) is 5.41 Å². The molecule has 1 nitrogen and oxygen atoms in total. The third-order valence-electron chi connectivity index (χ3n) is 2.21. The first kappa shape index (κ1) is 11.3. The smallest absolute Gasteiger partial charge is 0.0205 e. The van der Waals surface area contributed by atoms with Crippen molar-refractivity contribution in [3.8, 4) is 0 Å². The molecule has 0 atom stereocenters. The molecule has 0 radical (unpaired) electrons. The van der Waals surface area contributed by atoms with Gasteiger partial charge in [-0.3, -0.25) is 0 Å². The first-order valence-corrected chi connectivity index (χ1v) is 5.24. The van der Waals surface area contributed by atoms with E-state index in [0.717, 1.165) is 13.0 Å². The van der Waals surface area contributed by atoms with Crippen molar-refractivity contribution in [2.75, 3.05) is 7.05 Å². The van der Waals surface area contributed by atoms with Crippen LogP contribution in [-0.4, -0.2) is 7.05 Å². The van der Waals surface area contributed by atoms with Gasteiger partial charge < -0.3 is 5.32 Å². The molecule has 0 saturated heterocycles. The van der Waals surface area contributed by atoms with Gasteiger partial charge in [0.2, 0.25) is 0 Å². The molecule has 0 aliphatic rings. The summed E-state index contributed by atoms with van der Waals surface area (Å²) in [4.78, 5) is 0. The van der Waals surface area contributed by atoms with E-state index in [4.69, 9.17) is 0 Å². The number of hydrogen-bond donors (Lipinski definition) is 1. The van der Waals surface area contributed by atoms with Crippen molar-refractivity contribution in [1.82, 2.24) is 5.32 Å². The lowest BCUT2D eigenvalue weighted by Crippen LogP contribution is -2.13. The standard InChI is InChI=1S/C13H21N/c1-13(2,3)9-11-7-5-6-8-12(11)10-14-4/h5-8,14H,9-10H2,1-4H3. The highest BCUT2D eigenvalue weighted by atomic mass is 14.8. The minimum Gasteiger partial charge on any atom is -0.316 e. The Morgan fingerprint density at radius 1 is 1.07 bits per heavy atom. The Morgan fingerprint density at radius 3 is 2.14 bits per heavy atom. The lowest BCUT2D eigenvalue weighted by molar-refractivity contribution is 0.409. The largest absolute Gasteiger partial charge is 0.316 e. The van der Waals surface area contributed by atoms with Gasteiger partial charge in [0, 0.05) is 6.54 Å². The fraction of sp³-hybridized carbons (Fsp3) is 0.538. The highest BCUT2D eigenvalue weighted by Gasteiger charge is 2.13. The molecule has 1 aromatic rings. The average molecular weight is 191 g/mol. The molecule has 1 heteroatoms. The summed E-state index contributed by atoms with van der Waals surface area (Å²) >= 11 is 0. The summed E-state index contributed by atoms with van der Waals surface area (Å²) in [5.74, 6) is 0. The van der Waals surface area contributed by atoms with E-state index in [0.29, 0.717) is 5.41 Å². The summed E-state index contributed by atoms with van der Waals surface area (Å²) in [7, 11) is 1.99. The second-order valence-electron chi connectivity index (χ2n) is 5.04. The summed E-state index contributed by atoms with van der Waals surface area (Å²) in [6.45, 7) is 7.81. The Morgan fingerprint density at radius 2 is 1.64 bits per heavy atom. The van der Waals surface area contributed by atoms with Gasteiger partial charge in [0.05, 0.1) is 0 Å². The third-order valence-corrected chi connectivity index (χ3v) is 2.21. The van der Waals surface area contributed by atoms with Gasteiger partial charge in [0.1, 0.15) is 0 Å². The predicted molar refractivity (Wildman–Crippen MR) is 62.4 cm³/mol. The molecule has 0 heterocycles. The van der Waals surface area contributed by atoms with Crippen molar-refractivity contribution in [2.45, 2.75) is 33.7 Å². The molecular formula is C13H21N. The fourth-order valence-electron chi connectivity index (χ4n) is 1.66. The molecule has 0 aliphatic heterocycles. The lowest BCUT2D eigenvalue weighted by atomic mass is 9.86. The highest BCUT2D eigenvalue weighted by Crippen LogP contribution is 2.22. The minimum atomic E-state index is 0.365. The number of nitrogens with one attached hydrogen (secondary N) is 1. The van der Waals surface area contributed by atoms with Crippen LogP contribution >= 0.6 is 0 Å². The molecule has 0 saturated carbocycles. The third kappa shape index (κ3) is 3.51. The molecule has 0 unspecified atom stereocenters. The first-order valence-electron chi connectivity index (χ1n) is 5.24. The van der Waals surface area contributed by atoms with Gasteiger partial charge >= 0.3 is 0 Å². The maximum atomic E-state index is 3.21. The van der Waals surface area contributed by atoms with Gasteiger partial charge in [-0.05, 0) is 30.0 Å². The van der Waals surface area contributed by atoms with E-state index in [1.807, 2.05) is 7.05 Å². The molecule has 0 amide bonds. The SMILES string of the molecule is CNCc1ccccc1CC(C)(C)C. The van der Waals surface area contributed by atoms with Gasteiger partial charge in [-0.2, -0.15) is 0 Å². The van der Waals surface area contributed by atoms with E-state index in [1.54, 1.807) is 0 Å². The monoisotopic (exact) mass is 191 g/mol. The van der Waals surface area contributed by atoms with Crippen molar-refractivity contribution in [3.05, 3.63) is 35.4 Å². The molecule has 1 N–H and O–H groups in total. The molecular weight excluding hydrogens is 170 g/mol. The van der Waals surface area contributed by atoms with Crippen LogP contribution in [0.4, 0.5) is 0 Å². The maximum Gasteiger partial charge on any atom is 0.0205 e. The van der Waals surface area contributed by atoms with Crippen molar-refractivity contribution < 1.29 is 0 Å². The maximum absolute atomic E-state index is 3.21. The van der Waals surface area contributed by atoms with Crippen LogP contribution in [-0.2, 0) is 13.0 Å².